The second-order valence-electron chi connectivity index (χ2n) is 32.2. The highest BCUT2D eigenvalue weighted by Crippen LogP contribution is 2.34. The number of aryl methyl sites for hydroxylation is 10. The Bertz CT molecular complexity index is 7800. The number of amides is 4. The molecule has 0 saturated heterocycles. The summed E-state index contributed by atoms with van der Waals surface area (Å²) in [5.41, 5.74) is 24.1. The van der Waals surface area contributed by atoms with Gasteiger partial charge in [0.2, 0.25) is 23.8 Å². The van der Waals surface area contributed by atoms with E-state index in [1.165, 1.54) is 16.9 Å². The van der Waals surface area contributed by atoms with Crippen LogP contribution in [0.4, 0.5) is 52.2 Å². The van der Waals surface area contributed by atoms with Crippen molar-refractivity contribution in [1.29, 1.82) is 0 Å². The number of para-hydroxylation sites is 1. The fourth-order valence-electron chi connectivity index (χ4n) is 15.4. The minimum Gasteiger partial charge on any atom is -0.350 e. The summed E-state index contributed by atoms with van der Waals surface area (Å²) in [7, 11) is 7.67. The fraction of sp³-hybridized carbons (Fsp3) is 0.167. The highest BCUT2D eigenvalue weighted by atomic mass is 32.1. The predicted octanol–water partition coefficient (Wildman–Crippen LogP) is 15.9. The van der Waals surface area contributed by atoms with E-state index in [0.717, 1.165) is 180 Å². The van der Waals surface area contributed by atoms with Gasteiger partial charge < -0.3 is 80.7 Å². The summed E-state index contributed by atoms with van der Waals surface area (Å²) in [6.45, 7) is 14.3. The van der Waals surface area contributed by atoms with Gasteiger partial charge in [-0.3, -0.25) is 28.9 Å². The summed E-state index contributed by atoms with van der Waals surface area (Å²) < 4.78 is 9.36. The number of rotatable bonds is 25. The molecule has 15 aromatic heterocycles. The summed E-state index contributed by atoms with van der Waals surface area (Å²) in [4.78, 5) is 130. The van der Waals surface area contributed by atoms with E-state index < -0.39 is 0 Å². The van der Waals surface area contributed by atoms with E-state index in [0.29, 0.717) is 72.7 Å². The molecule has 39 heteroatoms. The van der Waals surface area contributed by atoms with Crippen LogP contribution in [0.5, 0.6) is 0 Å². The maximum absolute atomic E-state index is 12.9. The van der Waals surface area contributed by atoms with Gasteiger partial charge in [0.15, 0.2) is 0 Å². The highest BCUT2D eigenvalue weighted by Gasteiger charge is 2.22. The first kappa shape index (κ1) is 88.3. The van der Waals surface area contributed by atoms with Crippen LogP contribution < -0.4 is 42.5 Å². The standard InChI is InChI=1S/C27H24N8O.C24H25N9O.C23H22N8OS.C22H20N8OS/c1-16-9-19(32-27-28-8-7-22(34-27)24-14-35(2)15-30-24)11-18-12-23(33-25(16)18)26(36)29-13-20-10-17-5-3-4-6-21(17)31-20;1-4-33-18(5-8-28-33)12-26-23(34)20-11-16-10-17(9-15(2)22(16)30-20)29-24-25-7-6-19(31-24)21-13-32(3)14-27-21;1-13-6-16(28-23-24-5-4-18(30-23)20-10-31(3)12-26-20)7-15-8-19(29-21(13)15)22(32)25-9-17-11-33-14(2)27-17;1-13-7-15(27-22-24-4-3-16(29-22)18-11-30(2)12-26-18)8-14-9-17(28-20(13)14)21(31)25-10-19-23-5-6-32-19/h3-9,11-12,14-15,33H,10,13H2,1-2H3,(H,29,36)(H,28,32,34);5-11,13-14,30H,4,12H2,1-3H3,(H,26,34)(H,25,29,31);4-8,10-12,29H,9H2,1-3H3,(H,25,32)(H,24,28,30);3-9,11-12,28H,10H2,1-2H3,(H,25,31)(H,24,27,29). The largest absolute Gasteiger partial charge is 0.350 e. The number of carbonyl (C=O) groups is 4. The van der Waals surface area contributed by atoms with Crippen LogP contribution in [0.25, 0.3) is 89.2 Å². The Morgan fingerprint density at radius 1 is 0.385 bits per heavy atom. The number of aliphatic imine (C=N–C) groups is 1. The fourth-order valence-corrected chi connectivity index (χ4v) is 16.6. The Labute approximate surface area is 779 Å². The summed E-state index contributed by atoms with van der Waals surface area (Å²) >= 11 is 3.08. The van der Waals surface area contributed by atoms with Gasteiger partial charge in [0.05, 0.1) is 96.3 Å². The van der Waals surface area contributed by atoms with Crippen molar-refractivity contribution in [2.75, 3.05) is 27.8 Å². The molecule has 1 aliphatic rings. The monoisotopic (exact) mass is 1830 g/mol. The number of hydrogen-bond acceptors (Lipinski definition) is 26. The van der Waals surface area contributed by atoms with E-state index in [1.807, 2.05) is 250 Å². The molecule has 0 spiro atoms. The highest BCUT2D eigenvalue weighted by molar-refractivity contribution is 7.09. The zero-order chi connectivity index (χ0) is 93.3. The Hall–Kier alpha value is -17.4. The van der Waals surface area contributed by atoms with E-state index in [9.17, 15) is 19.2 Å². The topological polar surface area (TPSA) is 458 Å². The number of fused-ring (bicyclic) bond motifs is 5. The molecule has 676 valence electrons. The number of benzene rings is 5. The van der Waals surface area contributed by atoms with E-state index >= 15 is 0 Å². The molecule has 37 nitrogen and oxygen atoms in total. The molecule has 0 aliphatic carbocycles. The lowest BCUT2D eigenvalue weighted by molar-refractivity contribution is 0.0938. The summed E-state index contributed by atoms with van der Waals surface area (Å²) in [5.74, 6) is 1.24. The third-order valence-corrected chi connectivity index (χ3v) is 23.4. The van der Waals surface area contributed by atoms with E-state index in [1.54, 1.807) is 73.8 Å². The first-order valence-electron chi connectivity index (χ1n) is 43.0. The predicted molar refractivity (Wildman–Crippen MR) is 522 cm³/mol. The number of H-pyrrole nitrogens is 4. The Morgan fingerprint density at radius 2 is 0.763 bits per heavy atom. The first-order valence-corrected chi connectivity index (χ1v) is 44.7. The molecule has 0 saturated carbocycles. The van der Waals surface area contributed by atoms with Crippen molar-refractivity contribution in [2.45, 2.75) is 74.1 Å². The van der Waals surface area contributed by atoms with Gasteiger partial charge in [-0.1, -0.05) is 18.2 Å². The van der Waals surface area contributed by atoms with Gasteiger partial charge in [0.25, 0.3) is 23.6 Å². The number of aromatic amines is 4. The van der Waals surface area contributed by atoms with E-state index in [4.69, 9.17) is 0 Å². The molecular weight excluding hydrogens is 1740 g/mol. The number of thiazole rings is 2. The lowest BCUT2D eigenvalue weighted by atomic mass is 10.1. The quantitative estimate of drug-likeness (QED) is 0.0253. The van der Waals surface area contributed by atoms with Crippen molar-refractivity contribution in [3.05, 3.63) is 297 Å². The van der Waals surface area contributed by atoms with Crippen molar-refractivity contribution in [2.24, 2.45) is 33.2 Å². The van der Waals surface area contributed by atoms with E-state index in [2.05, 4.69) is 148 Å². The zero-order valence-corrected chi connectivity index (χ0v) is 76.6. The SMILES string of the molecule is CCn1nccc1CNC(=O)c1cc2cc(Nc3nccc(-c4cn(C)cn4)n3)cc(C)c2[nH]1.Cc1cc(Nc2nccc(-c3cn(C)cn3)n2)cc2cc(C(=O)NCC3=Nc4ccccc4C3)[nH]c12.Cc1cc(Nc2nccc(-c3cn(C)cn3)n2)cc2cc(C(=O)NCc3nccs3)[nH]c12.Cc1nc(CNC(=O)c2cc3cc(Nc4nccc(-c5cn(C)cn5)n4)cc(C)c3[nH]2)cs1. The molecule has 0 bridgehead atoms. The molecule has 0 unspecified atom stereocenters. The number of nitrogens with zero attached hydrogens (tertiary/aromatic N) is 21. The Balaban J connectivity index is 0.000000120. The summed E-state index contributed by atoms with van der Waals surface area (Å²) in [6.07, 6.45) is 25.6. The molecule has 4 amide bonds. The maximum atomic E-state index is 12.9. The lowest BCUT2D eigenvalue weighted by Gasteiger charge is -2.07. The molecule has 1 aliphatic heterocycles. The Kier molecular flexibility index (Phi) is 25.6. The minimum absolute atomic E-state index is 0.162. The molecule has 5 aromatic carbocycles. The summed E-state index contributed by atoms with van der Waals surface area (Å²) in [6, 6.07) is 40.5. The smallest absolute Gasteiger partial charge is 0.268 e. The number of hydrogen-bond donors (Lipinski definition) is 12. The van der Waals surface area contributed by atoms with Crippen molar-refractivity contribution in [1.82, 2.24) is 139 Å². The average molecular weight is 1840 g/mol. The van der Waals surface area contributed by atoms with Crippen LogP contribution in [0.3, 0.4) is 0 Å². The van der Waals surface area contributed by atoms with Crippen molar-refractivity contribution in [3.8, 4) is 45.6 Å². The van der Waals surface area contributed by atoms with Gasteiger partial charge in [0, 0.05) is 186 Å². The lowest BCUT2D eigenvalue weighted by Crippen LogP contribution is -2.29. The van der Waals surface area contributed by atoms with Crippen LogP contribution in [0.2, 0.25) is 0 Å². The van der Waals surface area contributed by atoms with Crippen LogP contribution >= 0.6 is 22.7 Å². The van der Waals surface area contributed by atoms with Gasteiger partial charge in [0.1, 0.15) is 50.6 Å². The molecule has 0 atom stereocenters. The average Bonchev–Trinajstić information content (AvgIpc) is 1.65. The van der Waals surface area contributed by atoms with E-state index in [-0.39, 0.29) is 23.6 Å². The number of nitrogens with one attached hydrogen (secondary N) is 12. The normalized spacial score (nSPS) is 11.5. The molecule has 0 fully saturated rings. The van der Waals surface area contributed by atoms with Crippen molar-refractivity contribution >= 4 is 148 Å². The molecule has 21 rings (SSSR count). The van der Waals surface area contributed by atoms with Crippen LogP contribution in [0, 0.1) is 34.6 Å². The van der Waals surface area contributed by atoms with Crippen LogP contribution in [-0.4, -0.2) is 154 Å². The van der Waals surface area contributed by atoms with Crippen LogP contribution in [0.15, 0.2) is 230 Å². The van der Waals surface area contributed by atoms with Gasteiger partial charge in [-0.25, -0.2) is 69.8 Å². The molecule has 135 heavy (non-hydrogen) atoms. The number of aromatic nitrogens is 24. The second-order valence-corrected chi connectivity index (χ2v) is 34.2. The number of anilines is 8. The second kappa shape index (κ2) is 39.1. The van der Waals surface area contributed by atoms with Gasteiger partial charge in [-0.15, -0.1) is 22.7 Å². The van der Waals surface area contributed by atoms with Crippen LogP contribution in [0.1, 0.15) is 98.1 Å². The number of imidazole rings is 4. The van der Waals surface area contributed by atoms with Crippen molar-refractivity contribution in [3.63, 3.8) is 0 Å². The third-order valence-electron chi connectivity index (χ3n) is 21.8. The third kappa shape index (κ3) is 21.1. The maximum Gasteiger partial charge on any atom is 0.268 e. The molecular formula is C96H91N33O4S2. The Morgan fingerprint density at radius 3 is 1.11 bits per heavy atom. The molecule has 16 heterocycles. The van der Waals surface area contributed by atoms with Gasteiger partial charge >= 0.3 is 0 Å². The molecule has 12 N–H and O–H groups in total. The van der Waals surface area contributed by atoms with Crippen LogP contribution in [-0.2, 0) is 60.8 Å². The molecule has 0 radical (unpaired) electrons. The molecule has 20 aromatic rings. The minimum atomic E-state index is -0.170. The van der Waals surface area contributed by atoms with Gasteiger partial charge in [-0.05, 0) is 179 Å². The first-order chi connectivity index (χ1) is 65.5. The summed E-state index contributed by atoms with van der Waals surface area (Å²) in [5, 5.41) is 38.4. The van der Waals surface area contributed by atoms with Crippen molar-refractivity contribution < 1.29 is 19.2 Å². The van der Waals surface area contributed by atoms with Gasteiger partial charge in [-0.2, -0.15) is 5.10 Å². The zero-order valence-electron chi connectivity index (χ0n) is 74.9. The number of carbonyl (C=O) groups excluding carboxylic acids is 4.